The van der Waals surface area contributed by atoms with Crippen LogP contribution in [0.15, 0.2) is 46.3 Å². The molecule has 0 unspecified atom stereocenters. The Bertz CT molecular complexity index is 736. The van der Waals surface area contributed by atoms with Gasteiger partial charge in [-0.3, -0.25) is 0 Å². The van der Waals surface area contributed by atoms with E-state index in [0.29, 0.717) is 0 Å². The van der Waals surface area contributed by atoms with Crippen LogP contribution in [0.5, 0.6) is 0 Å². The highest BCUT2D eigenvalue weighted by atomic mass is 79.9. The summed E-state index contributed by atoms with van der Waals surface area (Å²) in [6.45, 7) is 0. The van der Waals surface area contributed by atoms with E-state index in [4.69, 9.17) is 5.73 Å². The highest BCUT2D eigenvalue weighted by Gasteiger charge is 2.09. The third-order valence-electron chi connectivity index (χ3n) is 2.86. The van der Waals surface area contributed by atoms with Crippen molar-refractivity contribution in [3.8, 4) is 11.1 Å². The zero-order valence-electron chi connectivity index (χ0n) is 9.28. The quantitative estimate of drug-likeness (QED) is 0.623. The van der Waals surface area contributed by atoms with Gasteiger partial charge in [0.15, 0.2) is 0 Å². The van der Waals surface area contributed by atoms with Gasteiger partial charge in [-0.25, -0.2) is 4.39 Å². The van der Waals surface area contributed by atoms with E-state index >= 15 is 0 Å². The van der Waals surface area contributed by atoms with Gasteiger partial charge in [0, 0.05) is 20.1 Å². The zero-order chi connectivity index (χ0) is 12.7. The molecule has 18 heavy (non-hydrogen) atoms. The number of fused-ring (bicyclic) bond motifs is 1. The average Bonchev–Trinajstić information content (AvgIpc) is 2.78. The fraction of sp³-hybridized carbons (Fsp3) is 0. The lowest BCUT2D eigenvalue weighted by atomic mass is 10.0. The minimum Gasteiger partial charge on any atom is -0.396 e. The molecule has 90 valence electrons. The number of benzene rings is 2. The Balaban J connectivity index is 2.25. The van der Waals surface area contributed by atoms with Gasteiger partial charge in [-0.15, -0.1) is 11.3 Å². The molecule has 2 N–H and O–H groups in total. The largest absolute Gasteiger partial charge is 0.396 e. The van der Waals surface area contributed by atoms with Crippen molar-refractivity contribution in [2.24, 2.45) is 0 Å². The van der Waals surface area contributed by atoms with Crippen molar-refractivity contribution in [1.82, 2.24) is 0 Å². The van der Waals surface area contributed by atoms with Gasteiger partial charge in [0.05, 0.1) is 5.69 Å². The Labute approximate surface area is 116 Å². The number of halogens is 2. The Morgan fingerprint density at radius 2 is 2.00 bits per heavy atom. The predicted molar refractivity (Wildman–Crippen MR) is 79.3 cm³/mol. The van der Waals surface area contributed by atoms with Crippen molar-refractivity contribution >= 4 is 43.0 Å². The molecule has 2 aromatic carbocycles. The third-order valence-corrected chi connectivity index (χ3v) is 4.82. The summed E-state index contributed by atoms with van der Waals surface area (Å²) in [4.78, 5) is 0. The summed E-state index contributed by atoms with van der Waals surface area (Å²) in [5, 5.41) is 3.17. The van der Waals surface area contributed by atoms with E-state index in [1.54, 1.807) is 17.4 Å². The van der Waals surface area contributed by atoms with Crippen LogP contribution in [-0.2, 0) is 0 Å². The van der Waals surface area contributed by atoms with Gasteiger partial charge in [-0.1, -0.05) is 18.2 Å². The maximum absolute atomic E-state index is 13.5. The first-order chi connectivity index (χ1) is 8.66. The summed E-state index contributed by atoms with van der Waals surface area (Å²) in [5.74, 6) is -0.373. The SMILES string of the molecule is Nc1ccc(-c2csc3c(Br)cccc23)cc1F. The molecule has 0 spiro atoms. The molecule has 0 aliphatic carbocycles. The molecule has 1 aromatic heterocycles. The number of rotatable bonds is 1. The summed E-state index contributed by atoms with van der Waals surface area (Å²) >= 11 is 5.17. The molecule has 3 rings (SSSR count). The third kappa shape index (κ3) is 1.82. The molecule has 0 radical (unpaired) electrons. The van der Waals surface area contributed by atoms with Crippen molar-refractivity contribution < 1.29 is 4.39 Å². The Morgan fingerprint density at radius 1 is 1.17 bits per heavy atom. The van der Waals surface area contributed by atoms with Crippen molar-refractivity contribution in [3.63, 3.8) is 0 Å². The lowest BCUT2D eigenvalue weighted by Crippen LogP contribution is -1.90. The first-order valence-corrected chi connectivity index (χ1v) is 7.05. The van der Waals surface area contributed by atoms with Crippen molar-refractivity contribution in [1.29, 1.82) is 0 Å². The second kappa shape index (κ2) is 4.37. The molecule has 0 aliphatic rings. The summed E-state index contributed by atoms with van der Waals surface area (Å²) in [5.41, 5.74) is 7.57. The molecule has 0 atom stereocenters. The van der Waals surface area contributed by atoms with Gasteiger partial charge in [0.25, 0.3) is 0 Å². The lowest BCUT2D eigenvalue weighted by Gasteiger charge is -2.02. The Kier molecular flexibility index (Phi) is 2.84. The van der Waals surface area contributed by atoms with E-state index in [-0.39, 0.29) is 11.5 Å². The van der Waals surface area contributed by atoms with E-state index in [2.05, 4.69) is 15.9 Å². The zero-order valence-corrected chi connectivity index (χ0v) is 11.7. The fourth-order valence-corrected chi connectivity index (χ4v) is 3.57. The molecule has 1 nitrogen and oxygen atoms in total. The van der Waals surface area contributed by atoms with Gasteiger partial charge >= 0.3 is 0 Å². The summed E-state index contributed by atoms with van der Waals surface area (Å²) in [6, 6.07) is 11.0. The van der Waals surface area contributed by atoms with Crippen LogP contribution in [0.4, 0.5) is 10.1 Å². The molecule has 0 amide bonds. The van der Waals surface area contributed by atoms with E-state index in [1.807, 2.05) is 29.6 Å². The van der Waals surface area contributed by atoms with Crippen molar-refractivity contribution in [3.05, 3.63) is 52.1 Å². The monoisotopic (exact) mass is 321 g/mol. The molecule has 0 bridgehead atoms. The molecule has 3 aromatic rings. The van der Waals surface area contributed by atoms with Crippen LogP contribution in [0.25, 0.3) is 21.2 Å². The van der Waals surface area contributed by atoms with Crippen LogP contribution in [0, 0.1) is 5.82 Å². The standard InChI is InChI=1S/C14H9BrFNS/c15-11-3-1-2-9-10(7-18-14(9)11)8-4-5-13(17)12(16)6-8/h1-7H,17H2. The second-order valence-electron chi connectivity index (χ2n) is 4.00. The minimum atomic E-state index is -0.373. The summed E-state index contributed by atoms with van der Waals surface area (Å²) < 4.78 is 15.8. The highest BCUT2D eigenvalue weighted by molar-refractivity contribution is 9.10. The number of hydrogen-bond acceptors (Lipinski definition) is 2. The van der Waals surface area contributed by atoms with Gasteiger partial charge in [-0.2, -0.15) is 0 Å². The van der Waals surface area contributed by atoms with E-state index < -0.39 is 0 Å². The van der Waals surface area contributed by atoms with Gasteiger partial charge in [0.2, 0.25) is 0 Å². The number of nitrogen functional groups attached to an aromatic ring is 1. The molecule has 0 fully saturated rings. The first-order valence-electron chi connectivity index (χ1n) is 5.38. The number of anilines is 1. The van der Waals surface area contributed by atoms with Gasteiger partial charge in [-0.05, 0) is 45.1 Å². The number of hydrogen-bond donors (Lipinski definition) is 1. The number of nitrogens with two attached hydrogens (primary N) is 1. The fourth-order valence-electron chi connectivity index (χ4n) is 1.94. The maximum Gasteiger partial charge on any atom is 0.146 e. The van der Waals surface area contributed by atoms with Crippen LogP contribution >= 0.6 is 27.3 Å². The molecule has 0 aliphatic heterocycles. The summed E-state index contributed by atoms with van der Waals surface area (Å²) in [7, 11) is 0. The van der Waals surface area contributed by atoms with E-state index in [0.717, 1.165) is 21.0 Å². The molecular weight excluding hydrogens is 313 g/mol. The Hall–Kier alpha value is -1.39. The Morgan fingerprint density at radius 3 is 2.78 bits per heavy atom. The van der Waals surface area contributed by atoms with E-state index in [9.17, 15) is 4.39 Å². The van der Waals surface area contributed by atoms with Crippen molar-refractivity contribution in [2.45, 2.75) is 0 Å². The van der Waals surface area contributed by atoms with Crippen LogP contribution < -0.4 is 5.73 Å². The lowest BCUT2D eigenvalue weighted by molar-refractivity contribution is 0.633. The minimum absolute atomic E-state index is 0.180. The van der Waals surface area contributed by atoms with Crippen LogP contribution in [0.2, 0.25) is 0 Å². The van der Waals surface area contributed by atoms with E-state index in [1.165, 1.54) is 10.8 Å². The smallest absolute Gasteiger partial charge is 0.146 e. The summed E-state index contributed by atoms with van der Waals surface area (Å²) in [6.07, 6.45) is 0. The topological polar surface area (TPSA) is 26.0 Å². The first kappa shape index (κ1) is 11.7. The second-order valence-corrected chi connectivity index (χ2v) is 5.74. The van der Waals surface area contributed by atoms with Crippen LogP contribution in [-0.4, -0.2) is 0 Å². The van der Waals surface area contributed by atoms with Crippen molar-refractivity contribution in [2.75, 3.05) is 5.73 Å². The number of thiophene rings is 1. The maximum atomic E-state index is 13.5. The van der Waals surface area contributed by atoms with Crippen LogP contribution in [0.3, 0.4) is 0 Å². The van der Waals surface area contributed by atoms with Gasteiger partial charge < -0.3 is 5.73 Å². The normalized spacial score (nSPS) is 11.0. The molecule has 0 saturated carbocycles. The van der Waals surface area contributed by atoms with Gasteiger partial charge in [0.1, 0.15) is 5.82 Å². The molecule has 4 heteroatoms. The average molecular weight is 322 g/mol. The van der Waals surface area contributed by atoms with Crippen LogP contribution in [0.1, 0.15) is 0 Å². The molecule has 0 saturated heterocycles. The highest BCUT2D eigenvalue weighted by Crippen LogP contribution is 2.38. The predicted octanol–water partition coefficient (Wildman–Crippen LogP) is 5.05. The molecular formula is C14H9BrFNS. The molecule has 1 heterocycles.